The number of amides is 1. The van der Waals surface area contributed by atoms with Gasteiger partial charge >= 0.3 is 0 Å². The normalized spacial score (nSPS) is 17.6. The first-order valence-electron chi connectivity index (χ1n) is 9.90. The van der Waals surface area contributed by atoms with E-state index in [9.17, 15) is 4.79 Å². The largest absolute Gasteiger partial charge is 0.352 e. The van der Waals surface area contributed by atoms with E-state index in [2.05, 4.69) is 60.6 Å². The van der Waals surface area contributed by atoms with Gasteiger partial charge in [0.15, 0.2) is 0 Å². The van der Waals surface area contributed by atoms with Crippen molar-refractivity contribution in [3.05, 3.63) is 35.4 Å². The van der Waals surface area contributed by atoms with E-state index in [0.717, 1.165) is 32.7 Å². The van der Waals surface area contributed by atoms with E-state index in [1.807, 2.05) is 0 Å². The van der Waals surface area contributed by atoms with Crippen molar-refractivity contribution in [3.63, 3.8) is 0 Å². The summed E-state index contributed by atoms with van der Waals surface area (Å²) in [5.74, 6) is 1.26. The van der Waals surface area contributed by atoms with Crippen molar-refractivity contribution in [2.24, 2.45) is 11.8 Å². The third-order valence-electron chi connectivity index (χ3n) is 5.46. The minimum Gasteiger partial charge on any atom is -0.352 e. The number of nitrogens with one attached hydrogen (secondary N) is 2. The van der Waals surface area contributed by atoms with E-state index in [1.165, 1.54) is 24.0 Å². The van der Waals surface area contributed by atoms with Crippen LogP contribution in [0.4, 0.5) is 0 Å². The second kappa shape index (κ2) is 14.2. The van der Waals surface area contributed by atoms with Gasteiger partial charge in [-0.15, -0.1) is 24.8 Å². The van der Waals surface area contributed by atoms with Crippen molar-refractivity contribution in [1.82, 2.24) is 15.5 Å². The third-order valence-corrected chi connectivity index (χ3v) is 5.46. The zero-order chi connectivity index (χ0) is 18.1. The third kappa shape index (κ3) is 9.29. The molecule has 2 atom stereocenters. The van der Waals surface area contributed by atoms with Crippen LogP contribution in [0.15, 0.2) is 24.3 Å². The molecule has 0 radical (unpaired) electrons. The summed E-state index contributed by atoms with van der Waals surface area (Å²) in [6, 6.07) is 8.62. The maximum atomic E-state index is 12.2. The van der Waals surface area contributed by atoms with Gasteiger partial charge in [-0.1, -0.05) is 45.0 Å². The molecule has 6 heteroatoms. The van der Waals surface area contributed by atoms with Crippen LogP contribution in [0.2, 0.25) is 0 Å². The Kier molecular flexibility index (Phi) is 13.8. The first-order chi connectivity index (χ1) is 12.1. The molecule has 0 bridgehead atoms. The minimum absolute atomic E-state index is 0. The Morgan fingerprint density at radius 1 is 1.19 bits per heavy atom. The number of rotatable bonds is 9. The maximum Gasteiger partial charge on any atom is 0.220 e. The molecule has 2 N–H and O–H groups in total. The Hall–Kier alpha value is -0.810. The highest BCUT2D eigenvalue weighted by molar-refractivity contribution is 5.85. The SMILES string of the molecule is CCN(CC)Cc1ccc(CNC(=O)CC(C)C2CCCNC2)cc1.Cl.Cl. The van der Waals surface area contributed by atoms with Crippen LogP contribution in [-0.2, 0) is 17.9 Å². The smallest absolute Gasteiger partial charge is 0.220 e. The van der Waals surface area contributed by atoms with E-state index in [1.54, 1.807) is 0 Å². The van der Waals surface area contributed by atoms with Crippen molar-refractivity contribution in [2.45, 2.75) is 53.1 Å². The van der Waals surface area contributed by atoms with Gasteiger partial charge in [-0.3, -0.25) is 9.69 Å². The Bertz CT molecular complexity index is 515. The fourth-order valence-electron chi connectivity index (χ4n) is 3.56. The fraction of sp³-hybridized carbons (Fsp3) is 0.667. The standard InChI is InChI=1S/C21H35N3O.2ClH/c1-4-24(5-2)16-19-10-8-18(9-11-19)14-23-21(25)13-17(3)20-7-6-12-22-15-20;;/h8-11,17,20,22H,4-7,12-16H2,1-3H3,(H,23,25);2*1H. The van der Waals surface area contributed by atoms with Crippen LogP contribution >= 0.6 is 24.8 Å². The van der Waals surface area contributed by atoms with Crippen molar-refractivity contribution in [1.29, 1.82) is 0 Å². The zero-order valence-corrected chi connectivity index (χ0v) is 18.6. The molecule has 1 amide bonds. The predicted octanol–water partition coefficient (Wildman–Crippen LogP) is 4.01. The number of halogens is 2. The van der Waals surface area contributed by atoms with Crippen molar-refractivity contribution < 1.29 is 4.79 Å². The summed E-state index contributed by atoms with van der Waals surface area (Å²) in [5, 5.41) is 6.52. The van der Waals surface area contributed by atoms with Crippen LogP contribution in [0.5, 0.6) is 0 Å². The second-order valence-corrected chi connectivity index (χ2v) is 7.34. The van der Waals surface area contributed by atoms with Gasteiger partial charge in [0.25, 0.3) is 0 Å². The average molecular weight is 418 g/mol. The van der Waals surface area contributed by atoms with Crippen LogP contribution in [0.1, 0.15) is 51.2 Å². The summed E-state index contributed by atoms with van der Waals surface area (Å²) in [5.41, 5.74) is 2.50. The van der Waals surface area contributed by atoms with Crippen LogP contribution in [0.3, 0.4) is 0 Å². The molecule has 1 saturated heterocycles. The first kappa shape index (κ1) is 26.2. The molecule has 2 unspecified atom stereocenters. The van der Waals surface area contributed by atoms with Crippen LogP contribution in [-0.4, -0.2) is 37.0 Å². The predicted molar refractivity (Wildman–Crippen MR) is 119 cm³/mol. The molecular formula is C21H37Cl2N3O. The number of hydrogen-bond donors (Lipinski definition) is 2. The zero-order valence-electron chi connectivity index (χ0n) is 17.0. The van der Waals surface area contributed by atoms with Gasteiger partial charge in [0.05, 0.1) is 0 Å². The maximum absolute atomic E-state index is 12.2. The molecule has 0 aliphatic carbocycles. The number of carbonyl (C=O) groups excluding carboxylic acids is 1. The minimum atomic E-state index is 0. The highest BCUT2D eigenvalue weighted by Crippen LogP contribution is 2.22. The second-order valence-electron chi connectivity index (χ2n) is 7.34. The van der Waals surface area contributed by atoms with Gasteiger partial charge < -0.3 is 10.6 Å². The number of nitrogens with zero attached hydrogens (tertiary/aromatic N) is 1. The molecule has 0 saturated carbocycles. The lowest BCUT2D eigenvalue weighted by Gasteiger charge is -2.28. The van der Waals surface area contributed by atoms with Crippen molar-refractivity contribution in [2.75, 3.05) is 26.2 Å². The summed E-state index contributed by atoms with van der Waals surface area (Å²) in [7, 11) is 0. The van der Waals surface area contributed by atoms with Gasteiger partial charge in [0.2, 0.25) is 5.91 Å². The van der Waals surface area contributed by atoms with Crippen LogP contribution in [0, 0.1) is 11.8 Å². The van der Waals surface area contributed by atoms with Gasteiger partial charge in [-0.05, 0) is 62.0 Å². The molecule has 1 aliphatic rings. The topological polar surface area (TPSA) is 44.4 Å². The number of piperidine rings is 1. The van der Waals surface area contributed by atoms with E-state index in [0.29, 0.717) is 24.8 Å². The van der Waals surface area contributed by atoms with Crippen molar-refractivity contribution >= 4 is 30.7 Å². The summed E-state index contributed by atoms with van der Waals surface area (Å²) < 4.78 is 0. The Balaban J connectivity index is 0.00000338. The van der Waals surface area contributed by atoms with E-state index in [-0.39, 0.29) is 30.7 Å². The molecular weight excluding hydrogens is 381 g/mol. The molecule has 0 spiro atoms. The summed E-state index contributed by atoms with van der Waals surface area (Å²) >= 11 is 0. The summed E-state index contributed by atoms with van der Waals surface area (Å²) in [6.45, 7) is 12.5. The molecule has 0 aromatic heterocycles. The first-order valence-corrected chi connectivity index (χ1v) is 9.90. The molecule has 1 fully saturated rings. The molecule has 1 heterocycles. The lowest BCUT2D eigenvalue weighted by molar-refractivity contribution is -0.122. The molecule has 27 heavy (non-hydrogen) atoms. The molecule has 1 aromatic rings. The average Bonchev–Trinajstić information content (AvgIpc) is 2.66. The fourth-order valence-corrected chi connectivity index (χ4v) is 3.56. The quantitative estimate of drug-likeness (QED) is 0.637. The van der Waals surface area contributed by atoms with Gasteiger partial charge in [-0.25, -0.2) is 0 Å². The molecule has 2 rings (SSSR count). The lowest BCUT2D eigenvalue weighted by atomic mass is 9.85. The number of benzene rings is 1. The number of carbonyl (C=O) groups is 1. The van der Waals surface area contributed by atoms with Crippen LogP contribution in [0.25, 0.3) is 0 Å². The Morgan fingerprint density at radius 2 is 1.81 bits per heavy atom. The van der Waals surface area contributed by atoms with Gasteiger partial charge in [-0.2, -0.15) is 0 Å². The van der Waals surface area contributed by atoms with Crippen LogP contribution < -0.4 is 10.6 Å². The highest BCUT2D eigenvalue weighted by Gasteiger charge is 2.21. The monoisotopic (exact) mass is 417 g/mol. The Labute approximate surface area is 177 Å². The lowest BCUT2D eigenvalue weighted by Crippen LogP contribution is -2.35. The highest BCUT2D eigenvalue weighted by atomic mass is 35.5. The van der Waals surface area contributed by atoms with E-state index in [4.69, 9.17) is 0 Å². The summed E-state index contributed by atoms with van der Waals surface area (Å²) in [6.07, 6.45) is 3.11. The molecule has 4 nitrogen and oxygen atoms in total. The van der Waals surface area contributed by atoms with E-state index >= 15 is 0 Å². The molecule has 156 valence electrons. The number of hydrogen-bond acceptors (Lipinski definition) is 3. The van der Waals surface area contributed by atoms with Gasteiger partial charge in [0.1, 0.15) is 0 Å². The molecule has 1 aromatic carbocycles. The van der Waals surface area contributed by atoms with E-state index < -0.39 is 0 Å². The summed E-state index contributed by atoms with van der Waals surface area (Å²) in [4.78, 5) is 14.6. The van der Waals surface area contributed by atoms with Gasteiger partial charge in [0, 0.05) is 19.5 Å². The molecule has 1 aliphatic heterocycles. The Morgan fingerprint density at radius 3 is 2.37 bits per heavy atom. The van der Waals surface area contributed by atoms with Crippen molar-refractivity contribution in [3.8, 4) is 0 Å².